The predicted octanol–water partition coefficient (Wildman–Crippen LogP) is 4.59. The van der Waals surface area contributed by atoms with Crippen LogP contribution in [-0.2, 0) is 17.0 Å². The molecule has 2 nitrogen and oxygen atoms in total. The van der Waals surface area contributed by atoms with Crippen LogP contribution in [-0.4, -0.2) is 23.8 Å². The van der Waals surface area contributed by atoms with E-state index in [0.29, 0.717) is 13.1 Å². The van der Waals surface area contributed by atoms with Crippen LogP contribution in [0.3, 0.4) is 0 Å². The molecule has 112 valence electrons. The molecule has 0 bridgehead atoms. The smallest absolute Gasteiger partial charge is 0.133 e. The standard InChI is InChI=1S/C12H13F2N2.CH3.2ClH.Ti/c13-9-5-4-6-10(14)11(9)12(15)16-7-2-1-3-8-16;;;;/h4-6H,1-3,7-8H2;1H3;2*1H;/q2*-1;;;+2/p-2. The van der Waals surface area contributed by atoms with E-state index in [0.717, 1.165) is 31.4 Å². The number of piperidine rings is 1. The number of benzene rings is 1. The van der Waals surface area contributed by atoms with Gasteiger partial charge < -0.3 is 17.7 Å². The fourth-order valence-electron chi connectivity index (χ4n) is 1.98. The van der Waals surface area contributed by atoms with Gasteiger partial charge in [-0.1, -0.05) is 31.2 Å². The van der Waals surface area contributed by atoms with Gasteiger partial charge in [-0.3, -0.25) is 0 Å². The maximum atomic E-state index is 13.4. The first-order chi connectivity index (χ1) is 9.11. The molecule has 0 aliphatic carbocycles. The summed E-state index contributed by atoms with van der Waals surface area (Å²) in [5.41, 5.74) is -0.315. The summed E-state index contributed by atoms with van der Waals surface area (Å²) in [5.74, 6) is -1.72. The summed E-state index contributed by atoms with van der Waals surface area (Å²) in [5, 5.41) is 9.87. The van der Waals surface area contributed by atoms with Crippen molar-refractivity contribution in [1.29, 1.82) is 0 Å². The molecule has 0 unspecified atom stereocenters. The Kier molecular flexibility index (Phi) is 10.5. The van der Waals surface area contributed by atoms with Gasteiger partial charge >= 0.3 is 35.6 Å². The third kappa shape index (κ3) is 5.68. The molecule has 1 aromatic rings. The van der Waals surface area contributed by atoms with Crippen LogP contribution in [0, 0.1) is 19.1 Å². The molecule has 0 radical (unpaired) electrons. The van der Waals surface area contributed by atoms with Crippen molar-refractivity contribution in [3.63, 3.8) is 0 Å². The van der Waals surface area contributed by atoms with Crippen molar-refractivity contribution in [3.8, 4) is 0 Å². The van der Waals surface area contributed by atoms with E-state index in [-0.39, 0.29) is 18.8 Å². The van der Waals surface area contributed by atoms with Crippen LogP contribution in [0.1, 0.15) is 24.8 Å². The van der Waals surface area contributed by atoms with Crippen molar-refractivity contribution in [2.24, 2.45) is 0 Å². The maximum absolute atomic E-state index is 13.4. The van der Waals surface area contributed by atoms with E-state index in [9.17, 15) is 14.2 Å². The average Bonchev–Trinajstić information content (AvgIpc) is 2.40. The molecule has 1 aliphatic heterocycles. The molecule has 1 aromatic carbocycles. The minimum absolute atomic E-state index is 0. The Morgan fingerprint density at radius 1 is 1.10 bits per heavy atom. The van der Waals surface area contributed by atoms with E-state index in [1.165, 1.54) is 6.07 Å². The monoisotopic (exact) mass is 356 g/mol. The van der Waals surface area contributed by atoms with Gasteiger partial charge in [0.15, 0.2) is 0 Å². The van der Waals surface area contributed by atoms with Gasteiger partial charge in [-0.25, -0.2) is 8.78 Å². The zero-order valence-corrected chi connectivity index (χ0v) is 14.2. The van der Waals surface area contributed by atoms with Crippen LogP contribution >= 0.6 is 18.6 Å². The van der Waals surface area contributed by atoms with Crippen molar-refractivity contribution < 1.29 is 25.8 Å². The molecule has 1 heterocycles. The van der Waals surface area contributed by atoms with Gasteiger partial charge in [-0.05, 0) is 25.2 Å². The molecule has 1 aliphatic rings. The molecule has 1 saturated heterocycles. The second-order valence-corrected chi connectivity index (χ2v) is 6.62. The van der Waals surface area contributed by atoms with Crippen LogP contribution in [0.15, 0.2) is 18.2 Å². The van der Waals surface area contributed by atoms with Gasteiger partial charge in [0, 0.05) is 5.56 Å². The van der Waals surface area contributed by atoms with Crippen LogP contribution in [0.4, 0.5) is 8.78 Å². The molecule has 0 aromatic heterocycles. The molecule has 7 heteroatoms. The number of amidine groups is 1. The van der Waals surface area contributed by atoms with Gasteiger partial charge in [0.1, 0.15) is 11.6 Å². The molecule has 2 rings (SSSR count). The van der Waals surface area contributed by atoms with Crippen molar-refractivity contribution in [2.45, 2.75) is 19.3 Å². The van der Waals surface area contributed by atoms with Crippen LogP contribution in [0.2, 0.25) is 0 Å². The molecule has 20 heavy (non-hydrogen) atoms. The van der Waals surface area contributed by atoms with Gasteiger partial charge in [0.2, 0.25) is 0 Å². The summed E-state index contributed by atoms with van der Waals surface area (Å²) < 4.78 is 26.8. The topological polar surface area (TPSA) is 25.5 Å². The fraction of sp³-hybridized carbons (Fsp3) is 0.385. The van der Waals surface area contributed by atoms with Gasteiger partial charge in [-0.2, -0.15) is 0 Å². The van der Waals surface area contributed by atoms with Crippen molar-refractivity contribution in [2.75, 3.05) is 13.1 Å². The Morgan fingerprint density at radius 2 is 1.55 bits per heavy atom. The number of rotatable bonds is 1. The number of nitrogens with zero attached hydrogens (tertiary/aromatic N) is 2. The van der Waals surface area contributed by atoms with E-state index >= 15 is 0 Å². The van der Waals surface area contributed by atoms with Crippen LogP contribution < -0.4 is 0 Å². The largest absolute Gasteiger partial charge is 0.468 e. The molecule has 0 saturated carbocycles. The Labute approximate surface area is 135 Å². The van der Waals surface area contributed by atoms with Crippen LogP contribution in [0.25, 0.3) is 5.41 Å². The summed E-state index contributed by atoms with van der Waals surface area (Å²) in [6.45, 7) is 1.30. The fourth-order valence-corrected chi connectivity index (χ4v) is 1.98. The summed E-state index contributed by atoms with van der Waals surface area (Å²) in [6.07, 6.45) is 2.99. The average molecular weight is 357 g/mol. The summed E-state index contributed by atoms with van der Waals surface area (Å²) in [6, 6.07) is 3.59. The van der Waals surface area contributed by atoms with E-state index in [1.807, 2.05) is 0 Å². The zero-order valence-electron chi connectivity index (χ0n) is 11.2. The Bertz CT molecular complexity index is 407. The summed E-state index contributed by atoms with van der Waals surface area (Å²) in [7, 11) is 9.78. The van der Waals surface area contributed by atoms with E-state index in [2.05, 4.69) is 0 Å². The Balaban J connectivity index is 0.000000830. The van der Waals surface area contributed by atoms with Gasteiger partial charge in [-0.15, -0.1) is 0 Å². The minimum atomic E-state index is -0.719. The van der Waals surface area contributed by atoms with E-state index in [1.54, 1.807) is 4.90 Å². The number of likely N-dealkylation sites (tertiary alicyclic amines) is 1. The SMILES string of the molecule is [CH3-].[Cl][Ti][Cl].[N-]=C(c1c(F)cccc1F)N1CCCCC1. The third-order valence-corrected chi connectivity index (χ3v) is 2.84. The first kappa shape index (κ1) is 19.8. The number of halogens is 4. The predicted molar refractivity (Wildman–Crippen MR) is 77.4 cm³/mol. The molecule has 0 atom stereocenters. The first-order valence-electron chi connectivity index (χ1n) is 5.83. The zero-order chi connectivity index (χ0) is 14.3. The van der Waals surface area contributed by atoms with Gasteiger partial charge in [0.25, 0.3) is 0 Å². The van der Waals surface area contributed by atoms with Crippen LogP contribution in [0.5, 0.6) is 0 Å². The summed E-state index contributed by atoms with van der Waals surface area (Å²) >= 11 is -0.556. The molecule has 0 N–H and O–H groups in total. The van der Waals surface area contributed by atoms with Crippen molar-refractivity contribution >= 4 is 24.4 Å². The van der Waals surface area contributed by atoms with Crippen molar-refractivity contribution in [3.05, 3.63) is 48.2 Å². The number of hydrogen-bond donors (Lipinski definition) is 0. The van der Waals surface area contributed by atoms with Gasteiger partial charge in [0.05, 0.1) is 0 Å². The minimum Gasteiger partial charge on any atom is -0.468 e. The molecular weight excluding hydrogens is 341 g/mol. The van der Waals surface area contributed by atoms with Crippen molar-refractivity contribution in [1.82, 2.24) is 4.90 Å². The quantitative estimate of drug-likeness (QED) is 0.312. The van der Waals surface area contributed by atoms with E-state index < -0.39 is 28.7 Å². The molecule has 1 fully saturated rings. The first-order valence-corrected chi connectivity index (χ1v) is 10.1. The van der Waals surface area contributed by atoms with E-state index in [4.69, 9.17) is 18.6 Å². The Hall–Kier alpha value is -0.156. The second-order valence-electron chi connectivity index (χ2n) is 4.04. The second kappa shape index (κ2) is 10.6. The normalized spacial score (nSPS) is 13.7. The third-order valence-electron chi connectivity index (χ3n) is 2.84. The summed E-state index contributed by atoms with van der Waals surface area (Å²) in [4.78, 5) is 1.63. The molecule has 0 spiro atoms. The maximum Gasteiger partial charge on any atom is 0.133 e. The number of hydrogen-bond acceptors (Lipinski definition) is 0. The molecule has 0 amide bonds. The molecular formula is C13H16Cl2F2N2Ti-2. The Morgan fingerprint density at radius 3 is 2.00 bits per heavy atom.